The van der Waals surface area contributed by atoms with E-state index in [1.54, 1.807) is 18.2 Å². The number of fused-ring (bicyclic) bond motifs is 1. The van der Waals surface area contributed by atoms with Gasteiger partial charge in [0.15, 0.2) is 0 Å². The topological polar surface area (TPSA) is 76.7 Å². The second-order valence-electron chi connectivity index (χ2n) is 8.20. The lowest BCUT2D eigenvalue weighted by Gasteiger charge is -2.10. The van der Waals surface area contributed by atoms with Crippen LogP contribution in [0.15, 0.2) is 40.8 Å². The minimum Gasteiger partial charge on any atom is -0.469 e. The van der Waals surface area contributed by atoms with Crippen LogP contribution < -0.4 is 0 Å². The van der Waals surface area contributed by atoms with E-state index in [4.69, 9.17) is 16.0 Å². The molecule has 0 saturated carbocycles. The highest BCUT2D eigenvalue weighted by Crippen LogP contribution is 2.43. The summed E-state index contributed by atoms with van der Waals surface area (Å²) in [6, 6.07) is 7.93. The third kappa shape index (κ3) is 5.52. The van der Waals surface area contributed by atoms with Crippen LogP contribution in [0.25, 0.3) is 28.2 Å². The zero-order chi connectivity index (χ0) is 24.3. The van der Waals surface area contributed by atoms with E-state index in [1.807, 2.05) is 26.8 Å². The molecule has 0 aliphatic carbocycles. The maximum Gasteiger partial charge on any atom is 0.313 e. The second-order valence-corrected chi connectivity index (χ2v) is 8.61. The largest absolute Gasteiger partial charge is 0.469 e. The molecule has 1 aromatic heterocycles. The molecule has 7 heteroatoms. The van der Waals surface area contributed by atoms with Crippen molar-refractivity contribution < 1.29 is 28.2 Å². The number of rotatable bonds is 8. The van der Waals surface area contributed by atoms with E-state index in [0.29, 0.717) is 16.4 Å². The predicted molar refractivity (Wildman–Crippen MR) is 127 cm³/mol. The molecule has 5 nitrogen and oxygen atoms in total. The number of Topliss-reactive ketones (excluding diaryl/α,β-unsaturated/α-hetero) is 1. The van der Waals surface area contributed by atoms with Gasteiger partial charge in [0.1, 0.15) is 29.4 Å². The van der Waals surface area contributed by atoms with Gasteiger partial charge in [-0.2, -0.15) is 0 Å². The van der Waals surface area contributed by atoms with Crippen molar-refractivity contribution in [3.05, 3.63) is 64.1 Å². The summed E-state index contributed by atoms with van der Waals surface area (Å²) >= 11 is 6.53. The van der Waals surface area contributed by atoms with Crippen molar-refractivity contribution in [2.45, 2.75) is 45.6 Å². The summed E-state index contributed by atoms with van der Waals surface area (Å²) < 4.78 is 24.3. The van der Waals surface area contributed by atoms with Gasteiger partial charge in [-0.3, -0.25) is 9.59 Å². The predicted octanol–water partition coefficient (Wildman–Crippen LogP) is 6.22. The number of aliphatic hydroxyl groups is 1. The molecule has 0 radical (unpaired) electrons. The van der Waals surface area contributed by atoms with E-state index >= 15 is 0 Å². The molecule has 174 valence electrons. The fourth-order valence-electron chi connectivity index (χ4n) is 3.69. The van der Waals surface area contributed by atoms with Crippen LogP contribution in [0.1, 0.15) is 49.5 Å². The summed E-state index contributed by atoms with van der Waals surface area (Å²) in [6.07, 6.45) is 1.27. The number of methoxy groups -OCH3 is 1. The quantitative estimate of drug-likeness (QED) is 0.311. The van der Waals surface area contributed by atoms with Gasteiger partial charge in [-0.1, -0.05) is 43.7 Å². The average molecular weight is 473 g/mol. The van der Waals surface area contributed by atoms with Crippen LogP contribution in [-0.2, 0) is 14.3 Å². The van der Waals surface area contributed by atoms with Gasteiger partial charge in [0.2, 0.25) is 0 Å². The standard InChI is InChI=1S/C26H26ClFO5/c1-14(2)20-13-21(27)15(3)24-25(16-5-7-17(28)8-6-16)22(33-26(20)24)10-9-18(29)11-19(30)12-23(31)32-4/h5-10,13-14,18,29H,11-12H2,1-4H3. The summed E-state index contributed by atoms with van der Waals surface area (Å²) in [5, 5.41) is 11.7. The highest BCUT2D eigenvalue weighted by molar-refractivity contribution is 6.32. The Hall–Kier alpha value is -2.96. The van der Waals surface area contributed by atoms with Crippen molar-refractivity contribution in [2.24, 2.45) is 0 Å². The van der Waals surface area contributed by atoms with Crippen molar-refractivity contribution in [2.75, 3.05) is 7.11 Å². The van der Waals surface area contributed by atoms with Gasteiger partial charge < -0.3 is 14.3 Å². The van der Waals surface area contributed by atoms with Gasteiger partial charge in [0, 0.05) is 22.4 Å². The molecule has 0 saturated heterocycles. The van der Waals surface area contributed by atoms with Crippen LogP contribution in [0, 0.1) is 12.7 Å². The molecule has 1 unspecified atom stereocenters. The monoisotopic (exact) mass is 472 g/mol. The lowest BCUT2D eigenvalue weighted by Crippen LogP contribution is -2.15. The lowest BCUT2D eigenvalue weighted by molar-refractivity contribution is -0.143. The third-order valence-corrected chi connectivity index (χ3v) is 5.84. The molecule has 0 aliphatic heterocycles. The van der Waals surface area contributed by atoms with E-state index in [1.165, 1.54) is 25.3 Å². The van der Waals surface area contributed by atoms with Gasteiger partial charge in [0.05, 0.1) is 13.2 Å². The zero-order valence-electron chi connectivity index (χ0n) is 18.9. The molecule has 1 heterocycles. The molecule has 0 amide bonds. The Morgan fingerprint density at radius 1 is 1.24 bits per heavy atom. The van der Waals surface area contributed by atoms with Gasteiger partial charge in [-0.05, 0) is 53.8 Å². The molecule has 1 atom stereocenters. The SMILES string of the molecule is COC(=O)CC(=O)CC(O)C=Cc1oc2c(C(C)C)cc(Cl)c(C)c2c1-c1ccc(F)cc1. The molecular weight excluding hydrogens is 447 g/mol. The van der Waals surface area contributed by atoms with Crippen molar-refractivity contribution in [3.63, 3.8) is 0 Å². The molecular formula is C26H26ClFO5. The fourth-order valence-corrected chi connectivity index (χ4v) is 3.91. The number of carbonyl (C=O) groups is 2. The summed E-state index contributed by atoms with van der Waals surface area (Å²) in [4.78, 5) is 23.2. The van der Waals surface area contributed by atoms with Gasteiger partial charge in [-0.25, -0.2) is 4.39 Å². The average Bonchev–Trinajstić information content (AvgIpc) is 3.14. The number of ketones is 1. The van der Waals surface area contributed by atoms with Crippen LogP contribution in [0.4, 0.5) is 4.39 Å². The van der Waals surface area contributed by atoms with Crippen LogP contribution >= 0.6 is 11.6 Å². The summed E-state index contributed by atoms with van der Waals surface area (Å²) in [5.74, 6) is -0.868. The number of benzene rings is 2. The summed E-state index contributed by atoms with van der Waals surface area (Å²) in [6.45, 7) is 5.96. The van der Waals surface area contributed by atoms with Crippen LogP contribution in [-0.4, -0.2) is 30.1 Å². The first-order valence-corrected chi connectivity index (χ1v) is 11.0. The first kappa shape index (κ1) is 24.7. The molecule has 0 spiro atoms. The van der Waals surface area contributed by atoms with E-state index < -0.39 is 24.3 Å². The molecule has 0 aliphatic rings. The summed E-state index contributed by atoms with van der Waals surface area (Å²) in [5.41, 5.74) is 3.87. The first-order chi connectivity index (χ1) is 15.6. The number of halogens is 2. The molecule has 1 N–H and O–H groups in total. The maximum absolute atomic E-state index is 13.6. The highest BCUT2D eigenvalue weighted by Gasteiger charge is 2.22. The van der Waals surface area contributed by atoms with Crippen molar-refractivity contribution in [1.82, 2.24) is 0 Å². The Morgan fingerprint density at radius 2 is 1.91 bits per heavy atom. The number of aryl methyl sites for hydroxylation is 1. The Kier molecular flexibility index (Phi) is 7.72. The number of furan rings is 1. The van der Waals surface area contributed by atoms with Crippen molar-refractivity contribution in [3.8, 4) is 11.1 Å². The number of ether oxygens (including phenoxy) is 1. The van der Waals surface area contributed by atoms with E-state index in [-0.39, 0.29) is 18.2 Å². The molecule has 0 bridgehead atoms. The fraction of sp³-hybridized carbons (Fsp3) is 0.308. The number of aliphatic hydroxyl groups excluding tert-OH is 1. The molecule has 3 rings (SSSR count). The van der Waals surface area contributed by atoms with Crippen molar-refractivity contribution in [1.29, 1.82) is 0 Å². The Balaban J connectivity index is 2.09. The van der Waals surface area contributed by atoms with Crippen LogP contribution in [0.2, 0.25) is 5.02 Å². The Morgan fingerprint density at radius 3 is 2.52 bits per heavy atom. The van der Waals surface area contributed by atoms with E-state index in [9.17, 15) is 19.1 Å². The van der Waals surface area contributed by atoms with Crippen LogP contribution in [0.5, 0.6) is 0 Å². The minimum atomic E-state index is -1.12. The lowest BCUT2D eigenvalue weighted by atomic mass is 9.93. The van der Waals surface area contributed by atoms with Crippen LogP contribution in [0.3, 0.4) is 0 Å². The normalized spacial score (nSPS) is 12.6. The molecule has 33 heavy (non-hydrogen) atoms. The number of hydrogen-bond acceptors (Lipinski definition) is 5. The van der Waals surface area contributed by atoms with E-state index in [2.05, 4.69) is 4.74 Å². The smallest absolute Gasteiger partial charge is 0.313 e. The number of carbonyl (C=O) groups excluding carboxylic acids is 2. The minimum absolute atomic E-state index is 0.135. The van der Waals surface area contributed by atoms with Gasteiger partial charge in [0.25, 0.3) is 0 Å². The molecule has 3 aromatic rings. The van der Waals surface area contributed by atoms with E-state index in [0.717, 1.165) is 27.6 Å². The maximum atomic E-state index is 13.6. The zero-order valence-corrected chi connectivity index (χ0v) is 19.7. The van der Waals surface area contributed by atoms with Crippen molar-refractivity contribution >= 4 is 40.4 Å². The Bertz CT molecular complexity index is 1210. The third-order valence-electron chi connectivity index (χ3n) is 5.44. The Labute approximate surface area is 196 Å². The number of hydrogen-bond donors (Lipinski definition) is 1. The number of esters is 1. The molecule has 0 fully saturated rings. The molecule has 2 aromatic carbocycles. The van der Waals surface area contributed by atoms with Gasteiger partial charge >= 0.3 is 5.97 Å². The second kappa shape index (κ2) is 10.3. The van der Waals surface area contributed by atoms with Gasteiger partial charge in [-0.15, -0.1) is 0 Å². The highest BCUT2D eigenvalue weighted by atomic mass is 35.5. The first-order valence-electron chi connectivity index (χ1n) is 10.6. The summed E-state index contributed by atoms with van der Waals surface area (Å²) in [7, 11) is 1.20.